The molecule has 0 atom stereocenters. The maximum atomic E-state index is 10.1. The molecule has 174 valence electrons. The molecule has 33 heavy (non-hydrogen) atoms. The number of ether oxygens (including phenoxy) is 1. The Balaban J connectivity index is 1.63. The van der Waals surface area contributed by atoms with Gasteiger partial charge in [-0.1, -0.05) is 23.7 Å². The Morgan fingerprint density at radius 2 is 1.88 bits per heavy atom. The van der Waals surface area contributed by atoms with E-state index < -0.39 is 0 Å². The predicted octanol–water partition coefficient (Wildman–Crippen LogP) is 5.89. The van der Waals surface area contributed by atoms with E-state index in [9.17, 15) is 5.11 Å². The van der Waals surface area contributed by atoms with E-state index in [2.05, 4.69) is 45.0 Å². The highest BCUT2D eigenvalue weighted by atomic mass is 35.5. The number of para-hydroxylation sites is 2. The Morgan fingerprint density at radius 3 is 2.61 bits per heavy atom. The number of phenols is 1. The number of rotatable bonds is 7. The first-order valence-electron chi connectivity index (χ1n) is 11.3. The molecule has 7 nitrogen and oxygen atoms in total. The zero-order chi connectivity index (χ0) is 23.4. The lowest BCUT2D eigenvalue weighted by Crippen LogP contribution is -2.27. The van der Waals surface area contributed by atoms with Gasteiger partial charge in [0.05, 0.1) is 23.7 Å². The molecule has 0 unspecified atom stereocenters. The number of benzene rings is 2. The number of anilines is 4. The topological polar surface area (TPSA) is 91.3 Å². The summed E-state index contributed by atoms with van der Waals surface area (Å²) < 4.78 is 6.16. The first kappa shape index (κ1) is 23.1. The lowest BCUT2D eigenvalue weighted by atomic mass is 9.87. The molecule has 4 N–H and O–H groups in total. The Kier molecular flexibility index (Phi) is 7.20. The van der Waals surface area contributed by atoms with Crippen LogP contribution < -0.4 is 20.7 Å². The van der Waals surface area contributed by atoms with Crippen molar-refractivity contribution in [3.05, 3.63) is 58.7 Å². The molecule has 4 rings (SSSR count). The fourth-order valence-electron chi connectivity index (χ4n) is 4.07. The third-order valence-corrected chi connectivity index (χ3v) is 5.93. The van der Waals surface area contributed by atoms with Gasteiger partial charge in [-0.05, 0) is 88.0 Å². The number of hydrogen-bond acceptors (Lipinski definition) is 7. The summed E-state index contributed by atoms with van der Waals surface area (Å²) in [5.74, 6) is 2.18. The van der Waals surface area contributed by atoms with E-state index in [1.807, 2.05) is 19.9 Å². The van der Waals surface area contributed by atoms with Crippen LogP contribution in [0, 0.1) is 6.92 Å². The van der Waals surface area contributed by atoms with Crippen molar-refractivity contribution in [1.29, 1.82) is 0 Å². The first-order valence-corrected chi connectivity index (χ1v) is 11.6. The molecule has 2 heterocycles. The van der Waals surface area contributed by atoms with Crippen LogP contribution in [0.2, 0.25) is 5.02 Å². The fourth-order valence-corrected chi connectivity index (χ4v) is 4.21. The molecule has 0 amide bonds. The molecule has 1 fully saturated rings. The van der Waals surface area contributed by atoms with E-state index in [1.165, 1.54) is 17.3 Å². The van der Waals surface area contributed by atoms with Crippen LogP contribution in [0.3, 0.4) is 0 Å². The van der Waals surface area contributed by atoms with Gasteiger partial charge in [0.15, 0.2) is 5.82 Å². The fraction of sp³-hybridized carbons (Fsp3) is 0.360. The van der Waals surface area contributed by atoms with E-state index >= 15 is 0 Å². The van der Waals surface area contributed by atoms with Gasteiger partial charge in [0.2, 0.25) is 5.95 Å². The summed E-state index contributed by atoms with van der Waals surface area (Å²) >= 11 is 6.31. The predicted molar refractivity (Wildman–Crippen MR) is 134 cm³/mol. The van der Waals surface area contributed by atoms with Crippen LogP contribution in [0.25, 0.3) is 0 Å². The Labute approximate surface area is 199 Å². The molecule has 0 aliphatic carbocycles. The third kappa shape index (κ3) is 5.67. The van der Waals surface area contributed by atoms with Crippen LogP contribution in [0.1, 0.15) is 43.7 Å². The number of nitrogens with one attached hydrogen (secondary N) is 3. The maximum absolute atomic E-state index is 10.1. The first-order chi connectivity index (χ1) is 15.9. The highest BCUT2D eigenvalue weighted by Gasteiger charge is 2.20. The van der Waals surface area contributed by atoms with Gasteiger partial charge in [-0.2, -0.15) is 4.98 Å². The summed E-state index contributed by atoms with van der Waals surface area (Å²) in [5.41, 5.74) is 3.85. The van der Waals surface area contributed by atoms with Crippen LogP contribution >= 0.6 is 11.6 Å². The summed E-state index contributed by atoms with van der Waals surface area (Å²) in [6.45, 7) is 8.24. The van der Waals surface area contributed by atoms with Gasteiger partial charge < -0.3 is 25.8 Å². The summed E-state index contributed by atoms with van der Waals surface area (Å²) in [5, 5.41) is 20.2. The van der Waals surface area contributed by atoms with Crippen LogP contribution in [0.5, 0.6) is 11.5 Å². The monoisotopic (exact) mass is 467 g/mol. The molecule has 3 aromatic rings. The quantitative estimate of drug-likeness (QED) is 0.322. The van der Waals surface area contributed by atoms with Crippen molar-refractivity contribution in [1.82, 2.24) is 15.3 Å². The molecule has 1 aliphatic rings. The zero-order valence-electron chi connectivity index (χ0n) is 19.2. The molecule has 0 bridgehead atoms. The molecule has 0 spiro atoms. The molecule has 1 aromatic heterocycles. The van der Waals surface area contributed by atoms with Crippen molar-refractivity contribution in [2.75, 3.05) is 23.7 Å². The largest absolute Gasteiger partial charge is 0.506 e. The van der Waals surface area contributed by atoms with Gasteiger partial charge >= 0.3 is 0 Å². The number of halogens is 1. The van der Waals surface area contributed by atoms with Gasteiger partial charge in [0, 0.05) is 0 Å². The molecule has 0 radical (unpaired) electrons. The van der Waals surface area contributed by atoms with Crippen LogP contribution in [-0.2, 0) is 0 Å². The van der Waals surface area contributed by atoms with Crippen LogP contribution in [0.4, 0.5) is 23.1 Å². The highest BCUT2D eigenvalue weighted by Crippen LogP contribution is 2.37. The second-order valence-electron chi connectivity index (χ2n) is 8.55. The lowest BCUT2D eigenvalue weighted by Gasteiger charge is -2.26. The highest BCUT2D eigenvalue weighted by molar-refractivity contribution is 6.32. The minimum atomic E-state index is 0.0264. The zero-order valence-corrected chi connectivity index (χ0v) is 19.9. The van der Waals surface area contributed by atoms with Gasteiger partial charge in [0.1, 0.15) is 16.5 Å². The molecule has 0 saturated carbocycles. The van der Waals surface area contributed by atoms with Crippen LogP contribution in [0.15, 0.2) is 42.6 Å². The molecule has 1 saturated heterocycles. The summed E-state index contributed by atoms with van der Waals surface area (Å²) in [6, 6.07) is 11.2. The lowest BCUT2D eigenvalue weighted by molar-refractivity contribution is 0.243. The van der Waals surface area contributed by atoms with Crippen molar-refractivity contribution < 1.29 is 9.84 Å². The van der Waals surface area contributed by atoms with E-state index in [1.54, 1.807) is 18.2 Å². The number of nitrogens with zero attached hydrogens (tertiary/aromatic N) is 2. The Bertz CT molecular complexity index is 1120. The van der Waals surface area contributed by atoms with Crippen molar-refractivity contribution in [2.45, 2.75) is 45.6 Å². The van der Waals surface area contributed by atoms with Gasteiger partial charge in [-0.3, -0.25) is 0 Å². The molecule has 8 heteroatoms. The number of aromatic nitrogens is 2. The number of phenolic OH excluding ortho intramolecular Hbond substituents is 1. The van der Waals surface area contributed by atoms with Crippen LogP contribution in [-0.4, -0.2) is 34.3 Å². The SMILES string of the molecule is Cc1cc(Nc2ncc(Cl)c(Nc3ccccc3O)n2)c(OC(C)C)cc1C1CCNCC1. The number of hydrogen-bond donors (Lipinski definition) is 4. The molecule has 2 aromatic carbocycles. The van der Waals surface area contributed by atoms with E-state index in [0.29, 0.717) is 28.4 Å². The van der Waals surface area contributed by atoms with Gasteiger partial charge in [-0.25, -0.2) is 4.98 Å². The van der Waals surface area contributed by atoms with Gasteiger partial charge in [0.25, 0.3) is 0 Å². The molecular weight excluding hydrogens is 438 g/mol. The minimum absolute atomic E-state index is 0.0264. The minimum Gasteiger partial charge on any atom is -0.506 e. The second-order valence-corrected chi connectivity index (χ2v) is 8.96. The maximum Gasteiger partial charge on any atom is 0.229 e. The smallest absolute Gasteiger partial charge is 0.229 e. The molecule has 1 aliphatic heterocycles. The van der Waals surface area contributed by atoms with E-state index in [0.717, 1.165) is 37.4 Å². The second kappa shape index (κ2) is 10.3. The van der Waals surface area contributed by atoms with Gasteiger partial charge in [-0.15, -0.1) is 0 Å². The van der Waals surface area contributed by atoms with Crippen molar-refractivity contribution in [3.8, 4) is 11.5 Å². The third-order valence-electron chi connectivity index (χ3n) is 5.66. The Hall–Kier alpha value is -3.03. The summed E-state index contributed by atoms with van der Waals surface area (Å²) in [7, 11) is 0. The summed E-state index contributed by atoms with van der Waals surface area (Å²) in [4.78, 5) is 8.87. The average Bonchev–Trinajstić information content (AvgIpc) is 2.79. The normalized spacial score (nSPS) is 14.3. The molecular formula is C25H30ClN5O2. The number of piperidine rings is 1. The number of aryl methyl sites for hydroxylation is 1. The van der Waals surface area contributed by atoms with E-state index in [4.69, 9.17) is 16.3 Å². The summed E-state index contributed by atoms with van der Waals surface area (Å²) in [6.07, 6.45) is 3.80. The Morgan fingerprint density at radius 1 is 1.12 bits per heavy atom. The van der Waals surface area contributed by atoms with Crippen molar-refractivity contribution >= 4 is 34.7 Å². The standard InChI is InChI=1S/C25H30ClN5O2/c1-15(2)33-23-13-18(17-8-10-27-11-9-17)16(3)12-21(23)30-25-28-14-19(26)24(31-25)29-20-6-4-5-7-22(20)32/h4-7,12-15,17,27,32H,8-11H2,1-3H3,(H2,28,29,30,31). The number of aromatic hydroxyl groups is 1. The van der Waals surface area contributed by atoms with E-state index in [-0.39, 0.29) is 11.9 Å². The van der Waals surface area contributed by atoms with Crippen molar-refractivity contribution in [3.63, 3.8) is 0 Å². The average molecular weight is 468 g/mol. The van der Waals surface area contributed by atoms with Crippen molar-refractivity contribution in [2.24, 2.45) is 0 Å².